The molecule has 36 valence electrons. The Hall–Kier alpha value is -1.05. The number of rotatable bonds is 0. The Morgan fingerprint density at radius 1 is 1.29 bits per heavy atom. The summed E-state index contributed by atoms with van der Waals surface area (Å²) in [5, 5.41) is 0. The van der Waals surface area contributed by atoms with Gasteiger partial charge in [0.2, 0.25) is 0 Å². The zero-order valence-corrected chi connectivity index (χ0v) is 3.63. The van der Waals surface area contributed by atoms with Gasteiger partial charge in [0.1, 0.15) is 0 Å². The molecule has 0 aromatic carbocycles. The number of hydrogen-bond donors (Lipinski definition) is 0. The van der Waals surface area contributed by atoms with Crippen molar-refractivity contribution in [3.63, 3.8) is 0 Å². The molecule has 0 aliphatic rings. The van der Waals surface area contributed by atoms with Crippen LogP contribution in [-0.4, -0.2) is 0 Å². The standard InChI is InChI=1S/C5H4O2/c6-5-1-3-7-4-2-5/h1-4H/i3+1,4+1. The van der Waals surface area contributed by atoms with Crippen molar-refractivity contribution >= 4 is 0 Å². The van der Waals surface area contributed by atoms with Crippen LogP contribution in [0, 0.1) is 0 Å². The van der Waals surface area contributed by atoms with Crippen molar-refractivity contribution in [2.24, 2.45) is 0 Å². The Labute approximate surface area is 40.4 Å². The Morgan fingerprint density at radius 3 is 2.14 bits per heavy atom. The fraction of sp³-hybridized carbons (Fsp3) is 0. The van der Waals surface area contributed by atoms with Crippen molar-refractivity contribution in [2.75, 3.05) is 0 Å². The number of hydrogen-bond acceptors (Lipinski definition) is 2. The molecule has 0 aliphatic carbocycles. The minimum Gasteiger partial charge on any atom is -0.472 e. The molecule has 0 atom stereocenters. The first-order chi connectivity index (χ1) is 3.39. The lowest BCUT2D eigenvalue weighted by Crippen LogP contribution is -1.90. The molecule has 0 fully saturated rings. The van der Waals surface area contributed by atoms with E-state index in [1.165, 1.54) is 24.7 Å². The van der Waals surface area contributed by atoms with Gasteiger partial charge in [-0.2, -0.15) is 0 Å². The maximum absolute atomic E-state index is 10.2. The SMILES string of the molecule is O=c1c[13cH]o[13cH]c1. The molecule has 0 saturated carbocycles. The van der Waals surface area contributed by atoms with E-state index < -0.39 is 0 Å². The molecular formula is C5H4O2. The molecule has 7 heavy (non-hydrogen) atoms. The molecule has 0 saturated heterocycles. The third kappa shape index (κ3) is 0.892. The average molecular weight is 98.1 g/mol. The first kappa shape index (κ1) is 4.12. The Balaban J connectivity index is 3.28. The van der Waals surface area contributed by atoms with E-state index in [0.29, 0.717) is 0 Å². The van der Waals surface area contributed by atoms with Crippen molar-refractivity contribution in [3.8, 4) is 0 Å². The molecule has 1 aromatic heterocycles. The molecule has 0 aliphatic heterocycles. The lowest BCUT2D eigenvalue weighted by molar-refractivity contribution is 0.548. The van der Waals surface area contributed by atoms with Gasteiger partial charge in [0.05, 0.1) is 12.5 Å². The topological polar surface area (TPSA) is 30.2 Å². The summed E-state index contributed by atoms with van der Waals surface area (Å²) < 4.78 is 4.56. The van der Waals surface area contributed by atoms with Crippen LogP contribution in [0.3, 0.4) is 0 Å². The van der Waals surface area contributed by atoms with Crippen LogP contribution in [0.4, 0.5) is 0 Å². The van der Waals surface area contributed by atoms with E-state index in [9.17, 15) is 4.79 Å². The first-order valence-electron chi connectivity index (χ1n) is 1.92. The quantitative estimate of drug-likeness (QED) is 0.476. The second-order valence-electron chi connectivity index (χ2n) is 1.14. The molecule has 1 rings (SSSR count). The van der Waals surface area contributed by atoms with Crippen LogP contribution >= 0.6 is 0 Å². The predicted molar refractivity (Wildman–Crippen MR) is 25.0 cm³/mol. The maximum atomic E-state index is 10.2. The highest BCUT2D eigenvalue weighted by molar-refractivity contribution is 4.86. The summed E-state index contributed by atoms with van der Waals surface area (Å²) in [5.41, 5.74) is -0.0220. The van der Waals surface area contributed by atoms with Gasteiger partial charge >= 0.3 is 0 Å². The lowest BCUT2D eigenvalue weighted by atomic mass is 10.6. The van der Waals surface area contributed by atoms with Crippen LogP contribution in [-0.2, 0) is 0 Å². The molecule has 0 spiro atoms. The molecule has 1 heterocycles. The Kier molecular flexibility index (Phi) is 0.941. The van der Waals surface area contributed by atoms with E-state index in [1.54, 1.807) is 0 Å². The van der Waals surface area contributed by atoms with E-state index in [-0.39, 0.29) is 5.43 Å². The van der Waals surface area contributed by atoms with E-state index in [4.69, 9.17) is 0 Å². The van der Waals surface area contributed by atoms with Gasteiger partial charge in [0.15, 0.2) is 5.43 Å². The van der Waals surface area contributed by atoms with E-state index in [2.05, 4.69) is 4.42 Å². The van der Waals surface area contributed by atoms with Gasteiger partial charge in [0.25, 0.3) is 0 Å². The highest BCUT2D eigenvalue weighted by Crippen LogP contribution is 1.72. The van der Waals surface area contributed by atoms with Gasteiger partial charge in [-0.25, -0.2) is 0 Å². The van der Waals surface area contributed by atoms with Gasteiger partial charge < -0.3 is 4.42 Å². The summed E-state index contributed by atoms with van der Waals surface area (Å²) in [7, 11) is 0. The van der Waals surface area contributed by atoms with Crippen LogP contribution in [0.5, 0.6) is 0 Å². The fourth-order valence-corrected chi connectivity index (χ4v) is 0.314. The van der Waals surface area contributed by atoms with Crippen molar-refractivity contribution in [2.45, 2.75) is 0 Å². The van der Waals surface area contributed by atoms with Gasteiger partial charge in [-0.3, -0.25) is 4.79 Å². The second kappa shape index (κ2) is 1.60. The molecule has 0 unspecified atom stereocenters. The third-order valence-corrected chi connectivity index (χ3v) is 0.622. The van der Waals surface area contributed by atoms with Crippen LogP contribution in [0.15, 0.2) is 33.9 Å². The van der Waals surface area contributed by atoms with Gasteiger partial charge in [-0.15, -0.1) is 0 Å². The summed E-state index contributed by atoms with van der Waals surface area (Å²) in [5.74, 6) is 0. The van der Waals surface area contributed by atoms with E-state index in [1.807, 2.05) is 0 Å². The molecular weight excluding hydrogens is 94.0 g/mol. The zero-order chi connectivity index (χ0) is 5.11. The van der Waals surface area contributed by atoms with Gasteiger partial charge in [-0.05, 0) is 0 Å². The second-order valence-corrected chi connectivity index (χ2v) is 1.14. The monoisotopic (exact) mass is 98.0 g/mol. The van der Waals surface area contributed by atoms with Gasteiger partial charge in [-0.1, -0.05) is 0 Å². The summed E-state index contributed by atoms with van der Waals surface area (Å²) in [6, 6.07) is 2.72. The van der Waals surface area contributed by atoms with Crippen molar-refractivity contribution in [1.29, 1.82) is 0 Å². The highest BCUT2D eigenvalue weighted by Gasteiger charge is 1.72. The highest BCUT2D eigenvalue weighted by atomic mass is 16.4. The normalized spacial score (nSPS) is 8.57. The minimum absolute atomic E-state index is 0.0220. The first-order valence-corrected chi connectivity index (χ1v) is 1.92. The molecule has 0 radical (unpaired) electrons. The van der Waals surface area contributed by atoms with Crippen LogP contribution in [0.2, 0.25) is 0 Å². The van der Waals surface area contributed by atoms with Crippen molar-refractivity contribution in [3.05, 3.63) is 34.9 Å². The van der Waals surface area contributed by atoms with E-state index >= 15 is 0 Å². The van der Waals surface area contributed by atoms with E-state index in [0.717, 1.165) is 0 Å². The zero-order valence-electron chi connectivity index (χ0n) is 3.63. The van der Waals surface area contributed by atoms with Crippen LogP contribution in [0.25, 0.3) is 0 Å². The van der Waals surface area contributed by atoms with Gasteiger partial charge in [0, 0.05) is 12.1 Å². The predicted octanol–water partition coefficient (Wildman–Crippen LogP) is 0.640. The summed E-state index contributed by atoms with van der Waals surface area (Å²) in [4.78, 5) is 10.2. The molecule has 2 heteroatoms. The largest absolute Gasteiger partial charge is 0.472 e. The minimum atomic E-state index is -0.0220. The molecule has 0 bridgehead atoms. The smallest absolute Gasteiger partial charge is 0.184 e. The van der Waals surface area contributed by atoms with Crippen molar-refractivity contribution in [1.82, 2.24) is 0 Å². The molecule has 0 amide bonds. The van der Waals surface area contributed by atoms with Crippen LogP contribution < -0.4 is 5.43 Å². The molecule has 1 aromatic rings. The molecule has 2 nitrogen and oxygen atoms in total. The van der Waals surface area contributed by atoms with Crippen LogP contribution in [0.1, 0.15) is 0 Å². The summed E-state index contributed by atoms with van der Waals surface area (Å²) >= 11 is 0. The summed E-state index contributed by atoms with van der Waals surface area (Å²) in [6.45, 7) is 0. The Bertz CT molecular complexity index is 172. The third-order valence-electron chi connectivity index (χ3n) is 0.622. The molecule has 0 N–H and O–H groups in total. The summed E-state index contributed by atoms with van der Waals surface area (Å²) in [6.07, 6.45) is 2.70. The lowest BCUT2D eigenvalue weighted by Gasteiger charge is -1.72. The Morgan fingerprint density at radius 2 is 1.86 bits per heavy atom. The maximum Gasteiger partial charge on any atom is 0.184 e. The van der Waals surface area contributed by atoms with Crippen molar-refractivity contribution < 1.29 is 4.42 Å². The average Bonchev–Trinajstić information content (AvgIpc) is 1.69. The fourth-order valence-electron chi connectivity index (χ4n) is 0.314.